The van der Waals surface area contributed by atoms with Gasteiger partial charge < -0.3 is 5.73 Å². The fourth-order valence-electron chi connectivity index (χ4n) is 2.41. The van der Waals surface area contributed by atoms with E-state index in [2.05, 4.69) is 5.10 Å². The zero-order valence-electron chi connectivity index (χ0n) is 12.0. The molecule has 1 heterocycles. The highest BCUT2D eigenvalue weighted by Crippen LogP contribution is 2.26. The van der Waals surface area contributed by atoms with Crippen molar-refractivity contribution in [3.8, 4) is 0 Å². The average Bonchev–Trinajstić information content (AvgIpc) is 2.66. The maximum absolute atomic E-state index is 13.1. The van der Waals surface area contributed by atoms with Crippen molar-refractivity contribution >= 4 is 11.6 Å². The molecule has 108 valence electrons. The Balaban J connectivity index is 2.27. The van der Waals surface area contributed by atoms with Gasteiger partial charge in [-0.15, -0.1) is 0 Å². The fraction of sp³-hybridized carbons (Fsp3) is 0.400. The summed E-state index contributed by atoms with van der Waals surface area (Å²) in [6, 6.07) is 4.44. The molecule has 1 atom stereocenters. The van der Waals surface area contributed by atoms with E-state index in [-0.39, 0.29) is 11.9 Å². The van der Waals surface area contributed by atoms with E-state index in [0.717, 1.165) is 28.9 Å². The van der Waals surface area contributed by atoms with Gasteiger partial charge in [0.1, 0.15) is 5.82 Å². The summed E-state index contributed by atoms with van der Waals surface area (Å²) in [5, 5.41) is 5.07. The second-order valence-corrected chi connectivity index (χ2v) is 5.37. The normalized spacial score (nSPS) is 12.7. The van der Waals surface area contributed by atoms with Crippen molar-refractivity contribution in [2.45, 2.75) is 32.7 Å². The number of nitrogens with zero attached hydrogens (tertiary/aromatic N) is 2. The van der Waals surface area contributed by atoms with Crippen LogP contribution >= 0.6 is 11.6 Å². The van der Waals surface area contributed by atoms with Gasteiger partial charge in [-0.3, -0.25) is 4.68 Å². The lowest BCUT2D eigenvalue weighted by molar-refractivity contribution is 0.616. The lowest BCUT2D eigenvalue weighted by atomic mass is 9.98. The number of aromatic nitrogens is 2. The largest absolute Gasteiger partial charge is 0.324 e. The van der Waals surface area contributed by atoms with Crippen LogP contribution in [0.5, 0.6) is 0 Å². The predicted octanol–water partition coefficient (Wildman–Crippen LogP) is 3.33. The maximum Gasteiger partial charge on any atom is 0.123 e. The zero-order chi connectivity index (χ0) is 14.9. The summed E-state index contributed by atoms with van der Waals surface area (Å²) >= 11 is 6.33. The van der Waals surface area contributed by atoms with E-state index in [1.54, 1.807) is 10.7 Å². The summed E-state index contributed by atoms with van der Waals surface area (Å²) in [7, 11) is 1.87. The molecular formula is C15H19ClFN3. The van der Waals surface area contributed by atoms with E-state index in [1.807, 2.05) is 20.9 Å². The van der Waals surface area contributed by atoms with Crippen LogP contribution in [-0.2, 0) is 19.9 Å². The van der Waals surface area contributed by atoms with Crippen LogP contribution in [0.15, 0.2) is 18.2 Å². The molecule has 20 heavy (non-hydrogen) atoms. The molecule has 1 aromatic heterocycles. The molecule has 0 amide bonds. The van der Waals surface area contributed by atoms with Crippen LogP contribution in [0.3, 0.4) is 0 Å². The molecule has 0 saturated carbocycles. The van der Waals surface area contributed by atoms with E-state index in [1.165, 1.54) is 12.1 Å². The Morgan fingerprint density at radius 1 is 1.45 bits per heavy atom. The average molecular weight is 296 g/mol. The van der Waals surface area contributed by atoms with E-state index in [4.69, 9.17) is 17.3 Å². The molecule has 0 aliphatic carbocycles. The minimum Gasteiger partial charge on any atom is -0.324 e. The molecule has 0 bridgehead atoms. The standard InChI is InChI=1S/C15H19ClFN3/c1-4-13-15(16)14(20(3)19-13)8-12(18)11-6-5-10(17)7-9(11)2/h5-7,12H,4,8,18H2,1-3H3. The molecular weight excluding hydrogens is 277 g/mol. The first-order chi connectivity index (χ1) is 9.43. The SMILES string of the molecule is CCc1nn(C)c(CC(N)c2ccc(F)cc2C)c1Cl. The first-order valence-corrected chi connectivity index (χ1v) is 7.03. The molecule has 0 aliphatic rings. The lowest BCUT2D eigenvalue weighted by Gasteiger charge is -2.15. The van der Waals surface area contributed by atoms with Crippen LogP contribution in [0.2, 0.25) is 5.02 Å². The summed E-state index contributed by atoms with van der Waals surface area (Å²) in [6.07, 6.45) is 1.37. The van der Waals surface area contributed by atoms with Gasteiger partial charge in [-0.2, -0.15) is 5.10 Å². The van der Waals surface area contributed by atoms with Crippen molar-refractivity contribution in [1.82, 2.24) is 9.78 Å². The van der Waals surface area contributed by atoms with E-state index in [0.29, 0.717) is 11.4 Å². The van der Waals surface area contributed by atoms with Gasteiger partial charge in [0.05, 0.1) is 16.4 Å². The van der Waals surface area contributed by atoms with E-state index >= 15 is 0 Å². The number of halogens is 2. The van der Waals surface area contributed by atoms with Crippen LogP contribution in [0.1, 0.15) is 35.5 Å². The van der Waals surface area contributed by atoms with Crippen LogP contribution in [-0.4, -0.2) is 9.78 Å². The van der Waals surface area contributed by atoms with E-state index < -0.39 is 0 Å². The Bertz CT molecular complexity index is 622. The molecule has 2 aromatic rings. The fourth-order valence-corrected chi connectivity index (χ4v) is 2.79. The number of benzene rings is 1. The summed E-state index contributed by atoms with van der Waals surface area (Å²) in [6.45, 7) is 3.88. The van der Waals surface area contributed by atoms with Crippen LogP contribution in [0.25, 0.3) is 0 Å². The van der Waals surface area contributed by atoms with Gasteiger partial charge >= 0.3 is 0 Å². The monoisotopic (exact) mass is 295 g/mol. The zero-order valence-corrected chi connectivity index (χ0v) is 12.7. The highest BCUT2D eigenvalue weighted by Gasteiger charge is 2.18. The first-order valence-electron chi connectivity index (χ1n) is 6.65. The van der Waals surface area contributed by atoms with Crippen molar-refractivity contribution in [3.05, 3.63) is 51.6 Å². The summed E-state index contributed by atoms with van der Waals surface area (Å²) < 4.78 is 14.9. The third kappa shape index (κ3) is 2.86. The molecule has 0 spiro atoms. The quantitative estimate of drug-likeness (QED) is 0.940. The Morgan fingerprint density at radius 3 is 2.70 bits per heavy atom. The minimum absolute atomic E-state index is 0.229. The Kier molecular flexibility index (Phi) is 4.45. The molecule has 3 nitrogen and oxygen atoms in total. The molecule has 0 saturated heterocycles. The van der Waals surface area contributed by atoms with Crippen molar-refractivity contribution < 1.29 is 4.39 Å². The van der Waals surface area contributed by atoms with Crippen molar-refractivity contribution in [1.29, 1.82) is 0 Å². The molecule has 0 radical (unpaired) electrons. The van der Waals surface area contributed by atoms with Gasteiger partial charge in [-0.1, -0.05) is 24.6 Å². The molecule has 2 N–H and O–H groups in total. The highest BCUT2D eigenvalue weighted by atomic mass is 35.5. The maximum atomic E-state index is 13.1. The van der Waals surface area contributed by atoms with Gasteiger partial charge in [-0.05, 0) is 36.6 Å². The third-order valence-corrected chi connectivity index (χ3v) is 3.98. The van der Waals surface area contributed by atoms with Crippen LogP contribution < -0.4 is 5.73 Å². The van der Waals surface area contributed by atoms with E-state index in [9.17, 15) is 4.39 Å². The summed E-state index contributed by atoms with van der Waals surface area (Å²) in [5.74, 6) is -0.245. The lowest BCUT2D eigenvalue weighted by Crippen LogP contribution is -2.17. The number of hydrogen-bond acceptors (Lipinski definition) is 2. The second kappa shape index (κ2) is 5.94. The van der Waals surface area contributed by atoms with Crippen LogP contribution in [0, 0.1) is 12.7 Å². The Labute approximate surface area is 123 Å². The highest BCUT2D eigenvalue weighted by molar-refractivity contribution is 6.31. The predicted molar refractivity (Wildman–Crippen MR) is 79.4 cm³/mol. The molecule has 1 aromatic carbocycles. The Morgan fingerprint density at radius 2 is 2.15 bits per heavy atom. The molecule has 0 fully saturated rings. The topological polar surface area (TPSA) is 43.8 Å². The molecule has 1 unspecified atom stereocenters. The minimum atomic E-state index is -0.245. The van der Waals surface area contributed by atoms with Crippen molar-refractivity contribution in [2.75, 3.05) is 0 Å². The van der Waals surface area contributed by atoms with Crippen molar-refractivity contribution in [3.63, 3.8) is 0 Å². The third-order valence-electron chi connectivity index (χ3n) is 3.55. The smallest absolute Gasteiger partial charge is 0.123 e. The van der Waals surface area contributed by atoms with Gasteiger partial charge in [0.25, 0.3) is 0 Å². The van der Waals surface area contributed by atoms with Gasteiger partial charge in [0, 0.05) is 19.5 Å². The number of hydrogen-bond donors (Lipinski definition) is 1. The van der Waals surface area contributed by atoms with Gasteiger partial charge in [-0.25, -0.2) is 4.39 Å². The van der Waals surface area contributed by atoms with Crippen molar-refractivity contribution in [2.24, 2.45) is 12.8 Å². The summed E-state index contributed by atoms with van der Waals surface area (Å²) in [5.41, 5.74) is 9.83. The van der Waals surface area contributed by atoms with Gasteiger partial charge in [0.2, 0.25) is 0 Å². The molecule has 0 aliphatic heterocycles. The van der Waals surface area contributed by atoms with Crippen LogP contribution in [0.4, 0.5) is 4.39 Å². The summed E-state index contributed by atoms with van der Waals surface area (Å²) in [4.78, 5) is 0. The molecule has 2 rings (SSSR count). The Hall–Kier alpha value is -1.39. The van der Waals surface area contributed by atoms with Gasteiger partial charge in [0.15, 0.2) is 0 Å². The second-order valence-electron chi connectivity index (χ2n) is 5.00. The molecule has 5 heteroatoms. The number of aryl methyl sites for hydroxylation is 3. The number of nitrogens with two attached hydrogens (primary N) is 1. The number of rotatable bonds is 4. The first kappa shape index (κ1) is 15.0.